The van der Waals surface area contributed by atoms with Gasteiger partial charge in [-0.05, 0) is 20.8 Å². The van der Waals surface area contributed by atoms with Gasteiger partial charge in [0.2, 0.25) is 11.8 Å². The number of aryl methyl sites for hydroxylation is 2. The predicted molar refractivity (Wildman–Crippen MR) is 53.1 cm³/mol. The molecule has 1 aromatic rings. The lowest BCUT2D eigenvalue weighted by molar-refractivity contribution is -0.127. The number of amides is 1. The molecule has 0 fully saturated rings. The summed E-state index contributed by atoms with van der Waals surface area (Å²) in [6.07, 6.45) is -0.0985. The molecule has 0 unspecified atom stereocenters. The number of hydrogen-bond donors (Lipinski definition) is 1. The first kappa shape index (κ1) is 11.4. The fourth-order valence-electron chi connectivity index (χ4n) is 1.08. The molecule has 0 spiro atoms. The maximum atomic E-state index is 11.1. The molecule has 5 heteroatoms. The topological polar surface area (TPSA) is 72.2 Å². The summed E-state index contributed by atoms with van der Waals surface area (Å²) in [7, 11) is 0. The zero-order valence-electron chi connectivity index (χ0n) is 9.09. The standard InChI is InChI=1S/C10H14N2O3/c1-6(13)4-9(14)11-5-10-12-7(2)8(3)15-10/h4-5H2,1-3H3,(H,11,14). The fourth-order valence-corrected chi connectivity index (χ4v) is 1.08. The molecule has 0 aromatic carbocycles. The molecule has 15 heavy (non-hydrogen) atoms. The lowest BCUT2D eigenvalue weighted by Crippen LogP contribution is -2.24. The molecule has 0 aliphatic heterocycles. The summed E-state index contributed by atoms with van der Waals surface area (Å²) in [5.41, 5.74) is 0.811. The second-order valence-electron chi connectivity index (χ2n) is 3.40. The van der Waals surface area contributed by atoms with E-state index in [0.29, 0.717) is 5.89 Å². The van der Waals surface area contributed by atoms with E-state index in [1.165, 1.54) is 6.92 Å². The molecule has 0 aliphatic carbocycles. The predicted octanol–water partition coefficient (Wildman–Crippen LogP) is 0.887. The molecule has 1 rings (SSSR count). The van der Waals surface area contributed by atoms with E-state index in [-0.39, 0.29) is 24.7 Å². The molecule has 1 N–H and O–H groups in total. The van der Waals surface area contributed by atoms with Gasteiger partial charge >= 0.3 is 0 Å². The number of oxazole rings is 1. The largest absolute Gasteiger partial charge is 0.444 e. The summed E-state index contributed by atoms with van der Waals surface area (Å²) in [6.45, 7) is 5.24. The van der Waals surface area contributed by atoms with Crippen molar-refractivity contribution < 1.29 is 14.0 Å². The van der Waals surface area contributed by atoms with E-state index in [4.69, 9.17) is 4.42 Å². The molecular weight excluding hydrogens is 196 g/mol. The van der Waals surface area contributed by atoms with Crippen molar-refractivity contribution in [1.29, 1.82) is 0 Å². The summed E-state index contributed by atoms with van der Waals surface area (Å²) in [5.74, 6) is 0.732. The number of rotatable bonds is 4. The quantitative estimate of drug-likeness (QED) is 0.749. The molecule has 1 heterocycles. The minimum Gasteiger partial charge on any atom is -0.444 e. The van der Waals surface area contributed by atoms with Gasteiger partial charge in [0.25, 0.3) is 0 Å². The Morgan fingerprint density at radius 1 is 1.40 bits per heavy atom. The molecule has 0 aliphatic rings. The van der Waals surface area contributed by atoms with Crippen LogP contribution in [0.25, 0.3) is 0 Å². The molecular formula is C10H14N2O3. The number of hydrogen-bond acceptors (Lipinski definition) is 4. The first-order valence-corrected chi connectivity index (χ1v) is 4.68. The zero-order chi connectivity index (χ0) is 11.4. The number of nitrogens with zero attached hydrogens (tertiary/aromatic N) is 1. The zero-order valence-corrected chi connectivity index (χ0v) is 9.09. The summed E-state index contributed by atoms with van der Waals surface area (Å²) < 4.78 is 5.26. The van der Waals surface area contributed by atoms with Crippen molar-refractivity contribution in [2.45, 2.75) is 33.7 Å². The normalized spacial score (nSPS) is 10.1. The third-order valence-corrected chi connectivity index (χ3v) is 1.92. The molecule has 82 valence electrons. The minimum atomic E-state index is -0.309. The van der Waals surface area contributed by atoms with Crippen LogP contribution in [0.4, 0.5) is 0 Å². The van der Waals surface area contributed by atoms with Crippen molar-refractivity contribution >= 4 is 11.7 Å². The second-order valence-corrected chi connectivity index (χ2v) is 3.40. The van der Waals surface area contributed by atoms with Crippen LogP contribution < -0.4 is 5.32 Å². The monoisotopic (exact) mass is 210 g/mol. The third kappa shape index (κ3) is 3.53. The van der Waals surface area contributed by atoms with Crippen molar-refractivity contribution in [1.82, 2.24) is 10.3 Å². The molecule has 1 aromatic heterocycles. The van der Waals surface area contributed by atoms with E-state index in [9.17, 15) is 9.59 Å². The Balaban J connectivity index is 2.43. The van der Waals surface area contributed by atoms with Gasteiger partial charge in [-0.1, -0.05) is 0 Å². The first-order chi connectivity index (χ1) is 6.99. The number of Topliss-reactive ketones (excluding diaryl/α,β-unsaturated/α-hetero) is 1. The van der Waals surface area contributed by atoms with Crippen molar-refractivity contribution in [3.05, 3.63) is 17.3 Å². The van der Waals surface area contributed by atoms with Gasteiger partial charge in [-0.2, -0.15) is 0 Å². The molecule has 0 saturated carbocycles. The van der Waals surface area contributed by atoms with Crippen LogP contribution >= 0.6 is 0 Å². The SMILES string of the molecule is CC(=O)CC(=O)NCc1nc(C)c(C)o1. The van der Waals surface area contributed by atoms with E-state index in [0.717, 1.165) is 11.5 Å². The van der Waals surface area contributed by atoms with Gasteiger partial charge in [0.1, 0.15) is 11.5 Å². The average molecular weight is 210 g/mol. The number of carbonyl (C=O) groups excluding carboxylic acids is 2. The van der Waals surface area contributed by atoms with Gasteiger partial charge in [0, 0.05) is 0 Å². The summed E-state index contributed by atoms with van der Waals surface area (Å²) in [4.78, 5) is 25.8. The van der Waals surface area contributed by atoms with E-state index in [1.807, 2.05) is 13.8 Å². The van der Waals surface area contributed by atoms with Crippen LogP contribution in [0.2, 0.25) is 0 Å². The molecule has 0 bridgehead atoms. The summed E-state index contributed by atoms with van der Waals surface area (Å²) >= 11 is 0. The molecule has 5 nitrogen and oxygen atoms in total. The number of nitrogens with one attached hydrogen (secondary N) is 1. The van der Waals surface area contributed by atoms with E-state index >= 15 is 0 Å². The van der Waals surface area contributed by atoms with Gasteiger partial charge in [0.05, 0.1) is 18.7 Å². The minimum absolute atomic E-state index is 0.0985. The van der Waals surface area contributed by atoms with Crippen LogP contribution in [0.1, 0.15) is 30.7 Å². The fraction of sp³-hybridized carbons (Fsp3) is 0.500. The van der Waals surface area contributed by atoms with Crippen LogP contribution in [-0.2, 0) is 16.1 Å². The highest BCUT2D eigenvalue weighted by Gasteiger charge is 2.08. The smallest absolute Gasteiger partial charge is 0.227 e. The maximum absolute atomic E-state index is 11.1. The Morgan fingerprint density at radius 2 is 2.07 bits per heavy atom. The molecule has 1 amide bonds. The Kier molecular flexibility index (Phi) is 3.60. The number of aromatic nitrogens is 1. The van der Waals surface area contributed by atoms with Crippen LogP contribution in [0.5, 0.6) is 0 Å². The number of carbonyl (C=O) groups is 2. The average Bonchev–Trinajstić information content (AvgIpc) is 2.42. The van der Waals surface area contributed by atoms with E-state index in [1.54, 1.807) is 0 Å². The van der Waals surface area contributed by atoms with E-state index < -0.39 is 0 Å². The Hall–Kier alpha value is -1.65. The van der Waals surface area contributed by atoms with Crippen molar-refractivity contribution in [3.63, 3.8) is 0 Å². The Bertz CT molecular complexity index is 363. The van der Waals surface area contributed by atoms with Gasteiger partial charge in [0.15, 0.2) is 0 Å². The van der Waals surface area contributed by atoms with E-state index in [2.05, 4.69) is 10.3 Å². The highest BCUT2D eigenvalue weighted by molar-refractivity contribution is 5.96. The van der Waals surface area contributed by atoms with Crippen LogP contribution in [0.15, 0.2) is 4.42 Å². The van der Waals surface area contributed by atoms with Crippen molar-refractivity contribution in [3.8, 4) is 0 Å². The molecule has 0 saturated heterocycles. The van der Waals surface area contributed by atoms with Crippen molar-refractivity contribution in [2.75, 3.05) is 0 Å². The van der Waals surface area contributed by atoms with Crippen LogP contribution in [0.3, 0.4) is 0 Å². The van der Waals surface area contributed by atoms with Gasteiger partial charge in [-0.15, -0.1) is 0 Å². The summed E-state index contributed by atoms with van der Waals surface area (Å²) in [6, 6.07) is 0. The third-order valence-electron chi connectivity index (χ3n) is 1.92. The lowest BCUT2D eigenvalue weighted by Gasteiger charge is -1.99. The molecule has 0 radical (unpaired) electrons. The van der Waals surface area contributed by atoms with Gasteiger partial charge < -0.3 is 9.73 Å². The second kappa shape index (κ2) is 4.72. The van der Waals surface area contributed by atoms with Crippen molar-refractivity contribution in [2.24, 2.45) is 0 Å². The van der Waals surface area contributed by atoms with Gasteiger partial charge in [-0.25, -0.2) is 4.98 Å². The molecule has 0 atom stereocenters. The summed E-state index contributed by atoms with van der Waals surface area (Å²) in [5, 5.41) is 2.55. The Labute approximate surface area is 87.9 Å². The van der Waals surface area contributed by atoms with Crippen LogP contribution in [-0.4, -0.2) is 16.7 Å². The highest BCUT2D eigenvalue weighted by atomic mass is 16.4. The Morgan fingerprint density at radius 3 is 2.53 bits per heavy atom. The number of ketones is 1. The first-order valence-electron chi connectivity index (χ1n) is 4.68. The highest BCUT2D eigenvalue weighted by Crippen LogP contribution is 2.07. The van der Waals surface area contributed by atoms with Crippen LogP contribution in [0, 0.1) is 13.8 Å². The lowest BCUT2D eigenvalue weighted by atomic mass is 10.3. The van der Waals surface area contributed by atoms with Gasteiger partial charge in [-0.3, -0.25) is 9.59 Å². The maximum Gasteiger partial charge on any atom is 0.227 e.